The Morgan fingerprint density at radius 3 is 2.93 bits per heavy atom. The van der Waals surface area contributed by atoms with Crippen LogP contribution in [0.2, 0.25) is 0 Å². The monoisotopic (exact) mass is 192 g/mol. The van der Waals surface area contributed by atoms with Crippen molar-refractivity contribution < 1.29 is 0 Å². The Balaban J connectivity index is 2.02. The Morgan fingerprint density at radius 2 is 2.20 bits per heavy atom. The lowest BCUT2D eigenvalue weighted by Crippen LogP contribution is -2.24. The highest BCUT2D eigenvalue weighted by atomic mass is 14.8. The van der Waals surface area contributed by atoms with Crippen LogP contribution in [-0.2, 0) is 0 Å². The molecule has 70 valence electrons. The average molecular weight is 192 g/mol. The fourth-order valence-corrected chi connectivity index (χ4v) is 3.96. The third-order valence-corrected chi connectivity index (χ3v) is 4.63. The van der Waals surface area contributed by atoms with Gasteiger partial charge in [0.05, 0.1) is 23.1 Å². The summed E-state index contributed by atoms with van der Waals surface area (Å²) in [4.78, 5) is 0. The number of benzene rings is 1. The van der Waals surface area contributed by atoms with Crippen LogP contribution in [0.25, 0.3) is 0 Å². The van der Waals surface area contributed by atoms with E-state index in [1.165, 1.54) is 17.5 Å². The van der Waals surface area contributed by atoms with Gasteiger partial charge in [-0.05, 0) is 29.5 Å². The van der Waals surface area contributed by atoms with Crippen molar-refractivity contribution in [1.29, 1.82) is 10.5 Å². The van der Waals surface area contributed by atoms with Crippen LogP contribution in [0.4, 0.5) is 0 Å². The van der Waals surface area contributed by atoms with Gasteiger partial charge in [-0.3, -0.25) is 0 Å². The van der Waals surface area contributed by atoms with Crippen LogP contribution in [-0.4, -0.2) is 0 Å². The first-order valence-electron chi connectivity index (χ1n) is 5.28. The zero-order valence-electron chi connectivity index (χ0n) is 8.07. The molecule has 0 N–H and O–H groups in total. The van der Waals surface area contributed by atoms with E-state index >= 15 is 0 Å². The molecule has 0 saturated heterocycles. The van der Waals surface area contributed by atoms with Gasteiger partial charge in [0.15, 0.2) is 0 Å². The lowest BCUT2D eigenvalue weighted by Gasteiger charge is -2.31. The van der Waals surface area contributed by atoms with E-state index in [1.807, 2.05) is 12.1 Å². The maximum Gasteiger partial charge on any atom is 0.0994 e. The van der Waals surface area contributed by atoms with Gasteiger partial charge in [-0.15, -0.1) is 0 Å². The predicted molar refractivity (Wildman–Crippen MR) is 52.8 cm³/mol. The first kappa shape index (κ1) is 7.49. The lowest BCUT2D eigenvalue weighted by atomic mass is 9.70. The molecule has 1 aromatic carbocycles. The fourth-order valence-electron chi connectivity index (χ4n) is 3.96. The molecule has 15 heavy (non-hydrogen) atoms. The van der Waals surface area contributed by atoms with Crippen molar-refractivity contribution in [2.24, 2.45) is 11.3 Å². The van der Waals surface area contributed by atoms with Gasteiger partial charge in [0.1, 0.15) is 0 Å². The maximum atomic E-state index is 9.27. The molecule has 1 aromatic rings. The van der Waals surface area contributed by atoms with E-state index in [0.29, 0.717) is 17.8 Å². The van der Waals surface area contributed by atoms with E-state index in [0.717, 1.165) is 5.56 Å². The highest BCUT2D eigenvalue weighted by Gasteiger charge is 2.81. The molecule has 4 rings (SSSR count). The van der Waals surface area contributed by atoms with Gasteiger partial charge in [-0.1, -0.05) is 12.1 Å². The Bertz CT molecular complexity index is 575. The van der Waals surface area contributed by atoms with E-state index in [9.17, 15) is 5.26 Å². The van der Waals surface area contributed by atoms with Gasteiger partial charge < -0.3 is 0 Å². The van der Waals surface area contributed by atoms with Crippen LogP contribution in [0.5, 0.6) is 0 Å². The maximum absolute atomic E-state index is 9.27. The number of hydrogen-bond acceptors (Lipinski definition) is 2. The zero-order chi connectivity index (χ0) is 10.2. The highest BCUT2D eigenvalue weighted by molar-refractivity contribution is 5.64. The highest BCUT2D eigenvalue weighted by Crippen LogP contribution is 2.87. The fraction of sp³-hybridized carbons (Fsp3) is 0.385. The quantitative estimate of drug-likeness (QED) is 0.633. The van der Waals surface area contributed by atoms with E-state index in [-0.39, 0.29) is 5.41 Å². The van der Waals surface area contributed by atoms with E-state index in [1.54, 1.807) is 0 Å². The van der Waals surface area contributed by atoms with E-state index < -0.39 is 0 Å². The summed E-state index contributed by atoms with van der Waals surface area (Å²) in [7, 11) is 0. The van der Waals surface area contributed by atoms with Crippen molar-refractivity contribution in [3.63, 3.8) is 0 Å². The standard InChI is InChI=1S/C13H8N2/c14-5-7-2-1-3-8-9-4-10-12(11(7)8)13(9,10)6-15/h1-3,9-10,12H,4H2/t9-,10-,12-,13-/m0/s1. The molecular formula is C13H8N2. The van der Waals surface area contributed by atoms with Gasteiger partial charge in [-0.2, -0.15) is 10.5 Å². The van der Waals surface area contributed by atoms with Crippen molar-refractivity contribution in [3.8, 4) is 12.1 Å². The number of hydrogen-bond donors (Lipinski definition) is 0. The molecule has 0 aliphatic heterocycles. The molecule has 0 radical (unpaired) electrons. The van der Waals surface area contributed by atoms with Crippen molar-refractivity contribution in [2.75, 3.05) is 0 Å². The van der Waals surface area contributed by atoms with Crippen LogP contribution < -0.4 is 0 Å². The smallest absolute Gasteiger partial charge is 0.0994 e. The number of fused-ring (bicyclic) bond motifs is 4. The summed E-state index contributed by atoms with van der Waals surface area (Å²) in [6, 6.07) is 10.7. The molecule has 0 aromatic heterocycles. The van der Waals surface area contributed by atoms with Crippen molar-refractivity contribution in [1.82, 2.24) is 0 Å². The molecule has 2 fully saturated rings. The molecule has 3 aliphatic rings. The Hall–Kier alpha value is -1.80. The molecule has 0 bridgehead atoms. The summed E-state index contributed by atoms with van der Waals surface area (Å²) in [5.74, 6) is 1.38. The Labute approximate surface area is 87.8 Å². The van der Waals surface area contributed by atoms with Gasteiger partial charge in [0.25, 0.3) is 0 Å². The summed E-state index contributed by atoms with van der Waals surface area (Å²) in [5.41, 5.74) is 3.18. The average Bonchev–Trinajstić information content (AvgIpc) is 2.69. The molecule has 3 aliphatic carbocycles. The summed E-state index contributed by atoms with van der Waals surface area (Å²) in [6.45, 7) is 0. The minimum absolute atomic E-state index is 0.0880. The number of nitrogens with zero attached hydrogens (tertiary/aromatic N) is 2. The summed E-state index contributed by atoms with van der Waals surface area (Å²) >= 11 is 0. The molecule has 0 spiro atoms. The first-order chi connectivity index (χ1) is 7.34. The van der Waals surface area contributed by atoms with Crippen LogP contribution in [0.15, 0.2) is 18.2 Å². The molecule has 4 atom stereocenters. The van der Waals surface area contributed by atoms with Gasteiger partial charge in [0, 0.05) is 11.8 Å². The molecule has 0 amide bonds. The minimum Gasteiger partial charge on any atom is -0.198 e. The summed E-state index contributed by atoms with van der Waals surface area (Å²) in [6.07, 6.45) is 1.17. The van der Waals surface area contributed by atoms with Gasteiger partial charge in [-0.25, -0.2) is 0 Å². The molecule has 0 heterocycles. The van der Waals surface area contributed by atoms with E-state index in [2.05, 4.69) is 18.2 Å². The first-order valence-corrected chi connectivity index (χ1v) is 5.28. The SMILES string of the molecule is N#Cc1cccc2c1[C@@H]1[C@@H]3C[C@@H]2[C@]13C#N. The molecular weight excluding hydrogens is 184 g/mol. The topological polar surface area (TPSA) is 47.6 Å². The number of nitriles is 2. The van der Waals surface area contributed by atoms with Gasteiger partial charge >= 0.3 is 0 Å². The van der Waals surface area contributed by atoms with Crippen LogP contribution in [0, 0.1) is 34.0 Å². The molecule has 2 nitrogen and oxygen atoms in total. The lowest BCUT2D eigenvalue weighted by molar-refractivity contribution is 0.311. The minimum atomic E-state index is -0.0880. The summed E-state index contributed by atoms with van der Waals surface area (Å²) < 4.78 is 0. The van der Waals surface area contributed by atoms with E-state index in [4.69, 9.17) is 5.26 Å². The third kappa shape index (κ3) is 0.524. The second-order valence-electron chi connectivity index (χ2n) is 4.84. The zero-order valence-corrected chi connectivity index (χ0v) is 8.07. The van der Waals surface area contributed by atoms with Gasteiger partial charge in [0.2, 0.25) is 0 Å². The van der Waals surface area contributed by atoms with Crippen LogP contribution in [0.1, 0.15) is 34.9 Å². The Kier molecular flexibility index (Phi) is 0.960. The second kappa shape index (κ2) is 1.92. The Morgan fingerprint density at radius 1 is 1.33 bits per heavy atom. The number of rotatable bonds is 0. The second-order valence-corrected chi connectivity index (χ2v) is 4.84. The molecule has 0 unspecified atom stereocenters. The normalized spacial score (nSPS) is 41.9. The van der Waals surface area contributed by atoms with Crippen molar-refractivity contribution >= 4 is 0 Å². The van der Waals surface area contributed by atoms with Crippen molar-refractivity contribution in [2.45, 2.75) is 18.3 Å². The van der Waals surface area contributed by atoms with Crippen LogP contribution >= 0.6 is 0 Å². The third-order valence-electron chi connectivity index (χ3n) is 4.63. The predicted octanol–water partition coefficient (Wildman–Crippen LogP) is 2.28. The largest absolute Gasteiger partial charge is 0.198 e. The van der Waals surface area contributed by atoms with Crippen molar-refractivity contribution in [3.05, 3.63) is 34.9 Å². The molecule has 2 heteroatoms. The summed E-state index contributed by atoms with van der Waals surface area (Å²) in [5, 5.41) is 18.3. The van der Waals surface area contributed by atoms with Crippen LogP contribution in [0.3, 0.4) is 0 Å². The molecule has 2 saturated carbocycles.